The van der Waals surface area contributed by atoms with Crippen molar-refractivity contribution in [1.82, 2.24) is 30.6 Å². The number of amides is 6. The van der Waals surface area contributed by atoms with Crippen LogP contribution in [0.15, 0.2) is 125 Å². The Hall–Kier alpha value is -8.88. The summed E-state index contributed by atoms with van der Waals surface area (Å²) in [6, 6.07) is 33.7. The van der Waals surface area contributed by atoms with Crippen LogP contribution >= 0.6 is 39.1 Å². The molecule has 5 N–H and O–H groups in total. The quantitative estimate of drug-likeness (QED) is 0.0444. The highest BCUT2D eigenvalue weighted by Crippen LogP contribution is 2.46. The first-order chi connectivity index (χ1) is 46.7. The molecule has 2 atom stereocenters. The maximum absolute atomic E-state index is 13.9. The van der Waals surface area contributed by atoms with Gasteiger partial charge in [-0.05, 0) is 140 Å². The molecule has 27 heteroatoms. The Morgan fingerprint density at radius 3 is 1.66 bits per heavy atom. The summed E-state index contributed by atoms with van der Waals surface area (Å²) in [4.78, 5) is 87.4. The number of ether oxygens (including phenoxy) is 6. The molecule has 7 aromatic rings. The number of halogens is 3. The molecule has 12 rings (SSSR count). The van der Waals surface area contributed by atoms with E-state index in [0.29, 0.717) is 88.7 Å². The molecule has 23 nitrogen and oxygen atoms in total. The third-order valence-corrected chi connectivity index (χ3v) is 18.1. The summed E-state index contributed by atoms with van der Waals surface area (Å²) in [5, 5.41) is 32.8. The van der Waals surface area contributed by atoms with Crippen LogP contribution in [0.3, 0.4) is 0 Å². The van der Waals surface area contributed by atoms with Crippen LogP contribution < -0.4 is 35.4 Å². The van der Waals surface area contributed by atoms with Crippen molar-refractivity contribution in [3.63, 3.8) is 0 Å². The van der Waals surface area contributed by atoms with Crippen LogP contribution in [0.2, 0.25) is 10.0 Å². The van der Waals surface area contributed by atoms with Crippen LogP contribution in [0, 0.1) is 25.7 Å². The third kappa shape index (κ3) is 18.1. The molecule has 6 aromatic carbocycles. The van der Waals surface area contributed by atoms with Crippen molar-refractivity contribution >= 4 is 116 Å². The Morgan fingerprint density at radius 1 is 0.673 bits per heavy atom. The topological polar surface area (TPSA) is 276 Å². The van der Waals surface area contributed by atoms with Gasteiger partial charge in [-0.15, -0.1) is 0 Å². The monoisotopic (exact) mass is 1440 g/mol. The molecule has 0 spiro atoms. The van der Waals surface area contributed by atoms with Gasteiger partial charge in [-0.1, -0.05) is 108 Å². The van der Waals surface area contributed by atoms with Gasteiger partial charge in [0.25, 0.3) is 11.8 Å². The highest BCUT2D eigenvalue weighted by Gasteiger charge is 2.43. The smallest absolute Gasteiger partial charge is 0.478 e. The molecule has 0 unspecified atom stereocenters. The van der Waals surface area contributed by atoms with Gasteiger partial charge >= 0.3 is 31.5 Å². The number of alkyl carbamates (subject to hydrolysis) is 2. The van der Waals surface area contributed by atoms with E-state index in [9.17, 15) is 28.8 Å². The molecule has 0 saturated carbocycles. The number of rotatable bonds is 16. The minimum atomic E-state index is -1.40. The first-order valence-electron chi connectivity index (χ1n) is 32.2. The first kappa shape index (κ1) is 71.9. The molecule has 2 fully saturated rings. The van der Waals surface area contributed by atoms with Crippen molar-refractivity contribution in [3.05, 3.63) is 163 Å². The van der Waals surface area contributed by atoms with Crippen LogP contribution in [0.5, 0.6) is 11.5 Å². The molecular weight excluding hydrogens is 1360 g/mol. The van der Waals surface area contributed by atoms with E-state index >= 15 is 0 Å². The first-order valence-corrected chi connectivity index (χ1v) is 33.8. The Kier molecular flexibility index (Phi) is 23.0. The lowest BCUT2D eigenvalue weighted by Crippen LogP contribution is -2.57. The van der Waals surface area contributed by atoms with Crippen LogP contribution in [-0.4, -0.2) is 155 Å². The summed E-state index contributed by atoms with van der Waals surface area (Å²) in [5.41, 5.74) is 8.69. The highest BCUT2D eigenvalue weighted by molar-refractivity contribution is 9.10. The summed E-state index contributed by atoms with van der Waals surface area (Å²) in [6.07, 6.45) is 0.400. The van der Waals surface area contributed by atoms with E-state index in [0.717, 1.165) is 55.4 Å². The summed E-state index contributed by atoms with van der Waals surface area (Å²) in [7, 11) is -1.40. The number of likely N-dealkylation sites (tertiary alicyclic amines) is 2. The van der Waals surface area contributed by atoms with Gasteiger partial charge < -0.3 is 68.7 Å². The SMILES string of the molecule is CC(C)(C)OC(=O)N1CC(CN2C(=O)[C@H](CCNC(=O)OCc3ccccc3)Oc3cc(Br)c(Cl)cc32)C1.Cc1ccc2[nH]ncc2c1-c1cc2c(cc1Cl)N(CC1CN(C(=O)OC(C)(C)C)C1)C(=O)[C@H](CCNC(=O)OCc1ccccc1)O2.Cc1ccc2c(c1B(O)O)C=NC2. The van der Waals surface area contributed by atoms with Crippen molar-refractivity contribution in [2.45, 2.75) is 111 Å². The van der Waals surface area contributed by atoms with E-state index in [-0.39, 0.29) is 75.0 Å². The lowest BCUT2D eigenvalue weighted by Gasteiger charge is -2.43. The van der Waals surface area contributed by atoms with E-state index in [1.165, 1.54) is 0 Å². The van der Waals surface area contributed by atoms with Crippen molar-refractivity contribution < 1.29 is 67.2 Å². The zero-order chi connectivity index (χ0) is 70.2. The number of carbonyl (C=O) groups is 6. The van der Waals surface area contributed by atoms with Gasteiger partial charge in [0, 0.05) is 98.7 Å². The standard InChI is InChI=1S/C35H38ClN5O6.C27H31BrClN3O6.C9H10BNO2/c1-21-10-11-27-25(16-38-39-27)31(21)24-14-30-28(15-26(24)36)41(19-23-17-40(18-23)34(44)47-35(2,3)4)32(42)29(46-30)12-13-37-33(43)45-20-22-8-6-5-7-9-22;1-27(2,3)38-26(35)31-13-18(14-31)15-32-21-12-20(29)19(28)11-23(21)37-22(24(32)33)9-10-30-25(34)36-16-17-7-5-4-6-8-17;1-6-2-3-7-4-11-5-8(7)9(6)10(12)13/h5-11,14-16,23,29H,12-13,17-20H2,1-4H3,(H,37,43)(H,38,39);4-8,11-12,18,22H,9-10,13-16H2,1-3H3,(H,30,34);2-3,5,12-13H,4H2,1H3/t29-;22-;/m00./s1. The molecule has 98 heavy (non-hydrogen) atoms. The number of hydrogen-bond donors (Lipinski definition) is 5. The van der Waals surface area contributed by atoms with E-state index in [2.05, 4.69) is 41.8 Å². The molecule has 6 amide bonds. The van der Waals surface area contributed by atoms with Crippen molar-refractivity contribution in [1.29, 1.82) is 0 Å². The van der Waals surface area contributed by atoms with Gasteiger partial charge in [0.05, 0.1) is 39.7 Å². The van der Waals surface area contributed by atoms with Crippen molar-refractivity contribution in [3.8, 4) is 22.6 Å². The Morgan fingerprint density at radius 2 is 1.16 bits per heavy atom. The molecule has 1 aromatic heterocycles. The summed E-state index contributed by atoms with van der Waals surface area (Å²) < 4.78 is 34.5. The lowest BCUT2D eigenvalue weighted by molar-refractivity contribution is -0.127. The number of H-pyrrole nitrogens is 1. The van der Waals surface area contributed by atoms with Gasteiger partial charge in [0.1, 0.15) is 35.9 Å². The van der Waals surface area contributed by atoms with Gasteiger partial charge in [-0.2, -0.15) is 5.10 Å². The molecule has 5 aliphatic heterocycles. The van der Waals surface area contributed by atoms with E-state index < -0.39 is 42.7 Å². The number of hydrogen-bond acceptors (Lipinski definition) is 16. The molecule has 0 aliphatic carbocycles. The molecule has 5 aliphatic rings. The van der Waals surface area contributed by atoms with Gasteiger partial charge in [0.15, 0.2) is 12.2 Å². The molecule has 2 saturated heterocycles. The van der Waals surface area contributed by atoms with Crippen LogP contribution in [-0.2, 0) is 48.3 Å². The van der Waals surface area contributed by atoms with Crippen molar-refractivity contribution in [2.75, 3.05) is 62.2 Å². The fraction of sp³-hybridized carbons (Fsp3) is 0.380. The molecule has 516 valence electrons. The average Bonchev–Trinajstić information content (AvgIpc) is 0.991. The van der Waals surface area contributed by atoms with Crippen LogP contribution in [0.4, 0.5) is 30.6 Å². The van der Waals surface area contributed by atoms with Crippen molar-refractivity contribution in [2.24, 2.45) is 16.8 Å². The van der Waals surface area contributed by atoms with Gasteiger partial charge in [-0.25, -0.2) is 19.2 Å². The van der Waals surface area contributed by atoms with E-state index in [1.807, 2.05) is 146 Å². The van der Waals surface area contributed by atoms with Gasteiger partial charge in [-0.3, -0.25) is 19.7 Å². The average molecular weight is 1440 g/mol. The number of benzene rings is 6. The summed E-state index contributed by atoms with van der Waals surface area (Å²) in [6.45, 7) is 18.8. The van der Waals surface area contributed by atoms with E-state index in [1.54, 1.807) is 50.2 Å². The second-order valence-electron chi connectivity index (χ2n) is 26.5. The van der Waals surface area contributed by atoms with E-state index in [4.69, 9.17) is 61.7 Å². The number of aromatic amines is 1. The zero-order valence-electron chi connectivity index (χ0n) is 55.7. The number of aliphatic imine (C=N–C) groups is 1. The molecule has 0 bridgehead atoms. The number of nitrogens with zero attached hydrogens (tertiary/aromatic N) is 6. The summed E-state index contributed by atoms with van der Waals surface area (Å²) >= 11 is 16.7. The maximum Gasteiger partial charge on any atom is 0.489 e. The Labute approximate surface area is 587 Å². The number of aryl methyl sites for hydroxylation is 2. The molecule has 0 radical (unpaired) electrons. The normalized spacial score (nSPS) is 16.3. The molecule has 6 heterocycles. The number of aromatic nitrogens is 2. The summed E-state index contributed by atoms with van der Waals surface area (Å²) in [5.74, 6) is 0.650. The second kappa shape index (κ2) is 31.3. The zero-order valence-corrected chi connectivity index (χ0v) is 58.8. The van der Waals surface area contributed by atoms with Crippen LogP contribution in [0.1, 0.15) is 87.8 Å². The molecular formula is C71H79BBrCl2N9O14. The minimum absolute atomic E-state index is 0.0320. The predicted molar refractivity (Wildman–Crippen MR) is 377 cm³/mol. The lowest BCUT2D eigenvalue weighted by atomic mass is 9.73. The predicted octanol–water partition coefficient (Wildman–Crippen LogP) is 11.5. The number of fused-ring (bicyclic) bond motifs is 4. The largest absolute Gasteiger partial charge is 0.489 e. The second-order valence-corrected chi connectivity index (χ2v) is 28.2. The highest BCUT2D eigenvalue weighted by atomic mass is 79.9. The Balaban J connectivity index is 0.000000182. The maximum atomic E-state index is 13.9. The number of anilines is 2. The fourth-order valence-corrected chi connectivity index (χ4v) is 12.5. The third-order valence-electron chi connectivity index (χ3n) is 16.6. The fourth-order valence-electron chi connectivity index (χ4n) is 11.7. The Bertz CT molecular complexity index is 4100. The number of nitrogens with one attached hydrogen (secondary N) is 3. The number of carbonyl (C=O) groups excluding carboxylic acids is 6. The minimum Gasteiger partial charge on any atom is -0.478 e. The van der Waals surface area contributed by atoms with Crippen LogP contribution in [0.25, 0.3) is 22.0 Å². The van der Waals surface area contributed by atoms with Gasteiger partial charge in [0.2, 0.25) is 0 Å².